The largest absolute Gasteiger partial charge is 0.496 e. The second-order valence-electron chi connectivity index (χ2n) is 6.16. The van der Waals surface area contributed by atoms with Crippen LogP contribution in [0.25, 0.3) is 0 Å². The highest BCUT2D eigenvalue weighted by Crippen LogP contribution is 2.49. The van der Waals surface area contributed by atoms with Crippen molar-refractivity contribution >= 4 is 11.6 Å². The smallest absolute Gasteiger partial charge is 0.122 e. The molecule has 1 aromatic rings. The van der Waals surface area contributed by atoms with Gasteiger partial charge in [0, 0.05) is 11.1 Å². The summed E-state index contributed by atoms with van der Waals surface area (Å²) in [6, 6.07) is 6.04. The van der Waals surface area contributed by atoms with Crippen molar-refractivity contribution in [1.82, 2.24) is 0 Å². The van der Waals surface area contributed by atoms with Gasteiger partial charge in [-0.15, -0.1) is 0 Å². The quantitative estimate of drug-likeness (QED) is 0.913. The minimum absolute atomic E-state index is 0.239. The van der Waals surface area contributed by atoms with Crippen molar-refractivity contribution in [3.05, 3.63) is 28.8 Å². The van der Waals surface area contributed by atoms with Gasteiger partial charge in [-0.1, -0.05) is 18.0 Å². The average Bonchev–Trinajstić information content (AvgIpc) is 3.01. The summed E-state index contributed by atoms with van der Waals surface area (Å²) in [5, 5.41) is 0.760. The van der Waals surface area contributed by atoms with Crippen LogP contribution < -0.4 is 10.5 Å². The zero-order chi connectivity index (χ0) is 13.4. The number of methoxy groups -OCH3 is 1. The van der Waals surface area contributed by atoms with Crippen LogP contribution in [0, 0.1) is 17.8 Å². The van der Waals surface area contributed by atoms with Crippen LogP contribution in [0.1, 0.15) is 31.2 Å². The van der Waals surface area contributed by atoms with E-state index in [0.717, 1.165) is 34.6 Å². The normalized spacial score (nSPS) is 30.6. The van der Waals surface area contributed by atoms with Crippen LogP contribution in [0.3, 0.4) is 0 Å². The molecule has 2 nitrogen and oxygen atoms in total. The summed E-state index contributed by atoms with van der Waals surface area (Å²) in [6.45, 7) is 0. The van der Waals surface area contributed by atoms with Crippen LogP contribution in [-0.4, -0.2) is 13.2 Å². The first-order chi connectivity index (χ1) is 9.17. The first kappa shape index (κ1) is 13.3. The maximum atomic E-state index is 6.47. The van der Waals surface area contributed by atoms with Crippen molar-refractivity contribution in [2.45, 2.75) is 38.1 Å². The molecule has 3 rings (SSSR count). The minimum atomic E-state index is 0.239. The molecular formula is C16H22ClNO. The lowest BCUT2D eigenvalue weighted by atomic mass is 9.81. The molecule has 104 valence electrons. The van der Waals surface area contributed by atoms with E-state index in [4.69, 9.17) is 22.1 Å². The topological polar surface area (TPSA) is 35.2 Å². The number of hydrogen-bond donors (Lipinski definition) is 1. The van der Waals surface area contributed by atoms with E-state index in [1.165, 1.54) is 25.7 Å². The molecule has 0 aromatic heterocycles. The standard InChI is InChI=1S/C16H22ClNO/c1-19-16-5-4-13(17)8-12(16)9-15(18)14-7-10-2-3-11(14)6-10/h4-5,8,10-11,14-15H,2-3,6-7,9,18H2,1H3. The van der Waals surface area contributed by atoms with Gasteiger partial charge in [-0.05, 0) is 67.2 Å². The van der Waals surface area contributed by atoms with Crippen molar-refractivity contribution < 1.29 is 4.74 Å². The van der Waals surface area contributed by atoms with E-state index in [2.05, 4.69) is 0 Å². The van der Waals surface area contributed by atoms with Crippen molar-refractivity contribution in [3.8, 4) is 5.75 Å². The van der Waals surface area contributed by atoms with Gasteiger partial charge in [-0.25, -0.2) is 0 Å². The lowest BCUT2D eigenvalue weighted by Gasteiger charge is -2.28. The van der Waals surface area contributed by atoms with E-state index in [0.29, 0.717) is 5.92 Å². The van der Waals surface area contributed by atoms with Gasteiger partial charge < -0.3 is 10.5 Å². The first-order valence-corrected chi connectivity index (χ1v) is 7.63. The fourth-order valence-corrected chi connectivity index (χ4v) is 4.32. The molecule has 2 saturated carbocycles. The number of benzene rings is 1. The Balaban J connectivity index is 1.72. The third-order valence-electron chi connectivity index (χ3n) is 5.04. The van der Waals surface area contributed by atoms with Gasteiger partial charge in [0.15, 0.2) is 0 Å². The molecule has 0 saturated heterocycles. The number of rotatable bonds is 4. The van der Waals surface area contributed by atoms with Crippen LogP contribution in [0.15, 0.2) is 18.2 Å². The van der Waals surface area contributed by atoms with Crippen LogP contribution in [0.5, 0.6) is 5.75 Å². The van der Waals surface area contributed by atoms with E-state index in [9.17, 15) is 0 Å². The summed E-state index contributed by atoms with van der Waals surface area (Å²) >= 11 is 6.08. The Bertz CT molecular complexity index is 462. The lowest BCUT2D eigenvalue weighted by molar-refractivity contribution is 0.278. The molecule has 3 heteroatoms. The molecule has 2 bridgehead atoms. The molecule has 0 radical (unpaired) electrons. The molecule has 0 amide bonds. The molecule has 2 fully saturated rings. The Morgan fingerprint density at radius 3 is 2.84 bits per heavy atom. The molecule has 0 heterocycles. The lowest BCUT2D eigenvalue weighted by Crippen LogP contribution is -2.35. The van der Waals surface area contributed by atoms with Gasteiger partial charge in [-0.3, -0.25) is 0 Å². The number of nitrogens with two attached hydrogens (primary N) is 1. The Kier molecular flexibility index (Phi) is 3.72. The fraction of sp³-hybridized carbons (Fsp3) is 0.625. The van der Waals surface area contributed by atoms with Crippen LogP contribution in [0.4, 0.5) is 0 Å². The Morgan fingerprint density at radius 1 is 1.37 bits per heavy atom. The second kappa shape index (κ2) is 5.34. The number of ether oxygens (including phenoxy) is 1. The van der Waals surface area contributed by atoms with E-state index in [-0.39, 0.29) is 6.04 Å². The second-order valence-corrected chi connectivity index (χ2v) is 6.60. The number of hydrogen-bond acceptors (Lipinski definition) is 2. The molecule has 2 aliphatic rings. The van der Waals surface area contributed by atoms with Crippen molar-refractivity contribution in [2.75, 3.05) is 7.11 Å². The molecular weight excluding hydrogens is 258 g/mol. The molecule has 19 heavy (non-hydrogen) atoms. The summed E-state index contributed by atoms with van der Waals surface area (Å²) in [5.74, 6) is 3.41. The first-order valence-electron chi connectivity index (χ1n) is 7.25. The van der Waals surface area contributed by atoms with E-state index >= 15 is 0 Å². The zero-order valence-corrected chi connectivity index (χ0v) is 12.2. The molecule has 0 spiro atoms. The van der Waals surface area contributed by atoms with Gasteiger partial charge in [0.25, 0.3) is 0 Å². The van der Waals surface area contributed by atoms with Crippen molar-refractivity contribution in [2.24, 2.45) is 23.5 Å². The van der Waals surface area contributed by atoms with E-state index < -0.39 is 0 Å². The summed E-state index contributed by atoms with van der Waals surface area (Å²) in [4.78, 5) is 0. The summed E-state index contributed by atoms with van der Waals surface area (Å²) in [5.41, 5.74) is 7.62. The molecule has 4 atom stereocenters. The SMILES string of the molecule is COc1ccc(Cl)cc1CC(N)C1CC2CCC1C2. The van der Waals surface area contributed by atoms with Gasteiger partial charge >= 0.3 is 0 Å². The third kappa shape index (κ3) is 2.61. The van der Waals surface area contributed by atoms with Crippen molar-refractivity contribution in [1.29, 1.82) is 0 Å². The van der Waals surface area contributed by atoms with Gasteiger partial charge in [0.1, 0.15) is 5.75 Å². The molecule has 2 aliphatic carbocycles. The van der Waals surface area contributed by atoms with Gasteiger partial charge in [-0.2, -0.15) is 0 Å². The molecule has 2 N–H and O–H groups in total. The minimum Gasteiger partial charge on any atom is -0.496 e. The summed E-state index contributed by atoms with van der Waals surface area (Å²) in [7, 11) is 1.70. The van der Waals surface area contributed by atoms with Gasteiger partial charge in [0.05, 0.1) is 7.11 Å². The monoisotopic (exact) mass is 279 g/mol. The van der Waals surface area contributed by atoms with E-state index in [1.807, 2.05) is 18.2 Å². The maximum Gasteiger partial charge on any atom is 0.122 e. The Hall–Kier alpha value is -0.730. The Labute approximate surface area is 120 Å². The van der Waals surface area contributed by atoms with E-state index in [1.54, 1.807) is 7.11 Å². The highest BCUT2D eigenvalue weighted by atomic mass is 35.5. The summed E-state index contributed by atoms with van der Waals surface area (Å²) in [6.07, 6.45) is 6.42. The highest BCUT2D eigenvalue weighted by Gasteiger charge is 2.42. The predicted molar refractivity (Wildman–Crippen MR) is 78.6 cm³/mol. The predicted octanol–water partition coefficient (Wildman–Crippen LogP) is 3.65. The summed E-state index contributed by atoms with van der Waals surface area (Å²) < 4.78 is 5.41. The Morgan fingerprint density at radius 2 is 2.21 bits per heavy atom. The third-order valence-corrected chi connectivity index (χ3v) is 5.28. The van der Waals surface area contributed by atoms with Crippen LogP contribution >= 0.6 is 11.6 Å². The zero-order valence-electron chi connectivity index (χ0n) is 11.4. The molecule has 4 unspecified atom stereocenters. The number of halogens is 1. The van der Waals surface area contributed by atoms with Crippen LogP contribution in [0.2, 0.25) is 5.02 Å². The number of fused-ring (bicyclic) bond motifs is 2. The highest BCUT2D eigenvalue weighted by molar-refractivity contribution is 6.30. The average molecular weight is 280 g/mol. The maximum absolute atomic E-state index is 6.47. The molecule has 1 aromatic carbocycles. The van der Waals surface area contributed by atoms with Crippen LogP contribution in [-0.2, 0) is 6.42 Å². The molecule has 0 aliphatic heterocycles. The van der Waals surface area contributed by atoms with Crippen molar-refractivity contribution in [3.63, 3.8) is 0 Å². The van der Waals surface area contributed by atoms with Gasteiger partial charge in [0.2, 0.25) is 0 Å². The fourth-order valence-electron chi connectivity index (χ4n) is 4.13.